The van der Waals surface area contributed by atoms with Crippen LogP contribution in [0.25, 0.3) is 0 Å². The average molecular weight is 271 g/mol. The van der Waals surface area contributed by atoms with Crippen molar-refractivity contribution >= 4 is 23.5 Å². The Bertz CT molecular complexity index is 451. The Hall–Kier alpha value is -1.62. The minimum absolute atomic E-state index is 0.273. The van der Waals surface area contributed by atoms with Crippen molar-refractivity contribution in [2.24, 2.45) is 5.41 Å². The number of nitrogens with one attached hydrogen (secondary N) is 1. The van der Waals surface area contributed by atoms with Crippen LogP contribution in [0.5, 0.6) is 0 Å². The number of hydrogen-bond acceptors (Lipinski definition) is 3. The Morgan fingerprint density at radius 3 is 2.39 bits per heavy atom. The van der Waals surface area contributed by atoms with E-state index in [1.54, 1.807) is 20.8 Å². The molecule has 1 atom stereocenters. The second-order valence-electron chi connectivity index (χ2n) is 4.98. The summed E-state index contributed by atoms with van der Waals surface area (Å²) in [4.78, 5) is 26.7. The molecule has 1 unspecified atom stereocenters. The summed E-state index contributed by atoms with van der Waals surface area (Å²) in [5.41, 5.74) is -0.309. The molecule has 1 aromatic heterocycles. The maximum Gasteiger partial charge on any atom is 0.326 e. The summed E-state index contributed by atoms with van der Waals surface area (Å²) in [7, 11) is 0. The summed E-state index contributed by atoms with van der Waals surface area (Å²) in [6.07, 6.45) is 1.30. The summed E-state index contributed by atoms with van der Waals surface area (Å²) >= 11 is 5.61. The van der Waals surface area contributed by atoms with E-state index in [0.29, 0.717) is 0 Å². The van der Waals surface area contributed by atoms with Crippen molar-refractivity contribution in [3.63, 3.8) is 0 Å². The first-order valence-electron chi connectivity index (χ1n) is 5.37. The van der Waals surface area contributed by atoms with Gasteiger partial charge in [-0.15, -0.1) is 0 Å². The quantitative estimate of drug-likeness (QED) is 0.823. The van der Waals surface area contributed by atoms with Gasteiger partial charge in [0.25, 0.3) is 5.91 Å². The lowest BCUT2D eigenvalue weighted by molar-refractivity contribution is -0.142. The molecule has 1 rings (SSSR count). The van der Waals surface area contributed by atoms with Crippen LogP contribution in [0.3, 0.4) is 0 Å². The number of nitrogens with zero attached hydrogens (tertiary/aromatic N) is 1. The van der Waals surface area contributed by atoms with E-state index in [4.69, 9.17) is 16.7 Å². The zero-order valence-electron chi connectivity index (χ0n) is 10.4. The third-order valence-corrected chi connectivity index (χ3v) is 2.60. The van der Waals surface area contributed by atoms with Crippen LogP contribution in [0, 0.1) is 5.41 Å². The topological polar surface area (TPSA) is 79.3 Å². The molecule has 0 aliphatic carbocycles. The van der Waals surface area contributed by atoms with Crippen LogP contribution in [0.1, 0.15) is 31.1 Å². The highest BCUT2D eigenvalue weighted by atomic mass is 35.5. The minimum atomic E-state index is -1.07. The molecule has 0 saturated carbocycles. The van der Waals surface area contributed by atoms with E-state index in [2.05, 4.69) is 10.3 Å². The zero-order valence-corrected chi connectivity index (χ0v) is 11.2. The molecule has 1 heterocycles. The number of pyridine rings is 1. The SMILES string of the molecule is CC(C)(C)C(NC(=O)c1ccc(Cl)nc1)C(=O)O. The molecule has 1 amide bonds. The van der Waals surface area contributed by atoms with Gasteiger partial charge in [0.15, 0.2) is 0 Å². The predicted octanol–water partition coefficient (Wildman–Crippen LogP) is 1.96. The van der Waals surface area contributed by atoms with Crippen molar-refractivity contribution in [2.75, 3.05) is 0 Å². The lowest BCUT2D eigenvalue weighted by Crippen LogP contribution is -2.49. The van der Waals surface area contributed by atoms with E-state index >= 15 is 0 Å². The van der Waals surface area contributed by atoms with Gasteiger partial charge in [-0.3, -0.25) is 4.79 Å². The second kappa shape index (κ2) is 5.35. The van der Waals surface area contributed by atoms with Crippen molar-refractivity contribution in [1.29, 1.82) is 0 Å². The van der Waals surface area contributed by atoms with Crippen LogP contribution >= 0.6 is 11.6 Å². The number of carboxylic acid groups (broad SMARTS) is 1. The molecule has 18 heavy (non-hydrogen) atoms. The molecular weight excluding hydrogens is 256 g/mol. The van der Waals surface area contributed by atoms with Crippen molar-refractivity contribution in [2.45, 2.75) is 26.8 Å². The highest BCUT2D eigenvalue weighted by Gasteiger charge is 2.32. The molecular formula is C12H15ClN2O3. The first-order valence-corrected chi connectivity index (χ1v) is 5.75. The normalized spacial score (nSPS) is 12.9. The largest absolute Gasteiger partial charge is 0.480 e. The number of rotatable bonds is 3. The van der Waals surface area contributed by atoms with E-state index in [9.17, 15) is 9.59 Å². The number of hydrogen-bond donors (Lipinski definition) is 2. The smallest absolute Gasteiger partial charge is 0.326 e. The van der Waals surface area contributed by atoms with Gasteiger partial charge in [0, 0.05) is 6.20 Å². The molecule has 5 nitrogen and oxygen atoms in total. The van der Waals surface area contributed by atoms with Crippen LogP contribution in [0.2, 0.25) is 5.15 Å². The third-order valence-electron chi connectivity index (χ3n) is 2.38. The highest BCUT2D eigenvalue weighted by molar-refractivity contribution is 6.29. The molecule has 6 heteroatoms. The fourth-order valence-electron chi connectivity index (χ4n) is 1.37. The molecule has 0 aliphatic rings. The Morgan fingerprint density at radius 2 is 2.00 bits per heavy atom. The fourth-order valence-corrected chi connectivity index (χ4v) is 1.49. The van der Waals surface area contributed by atoms with Gasteiger partial charge in [-0.2, -0.15) is 0 Å². The molecule has 0 aliphatic heterocycles. The van der Waals surface area contributed by atoms with E-state index in [0.717, 1.165) is 0 Å². The van der Waals surface area contributed by atoms with Crippen molar-refractivity contribution in [3.05, 3.63) is 29.0 Å². The molecule has 2 N–H and O–H groups in total. The molecule has 0 fully saturated rings. The Morgan fingerprint density at radius 1 is 1.39 bits per heavy atom. The maximum absolute atomic E-state index is 11.9. The number of aliphatic carboxylic acids is 1. The van der Waals surface area contributed by atoms with Gasteiger partial charge in [0.05, 0.1) is 5.56 Å². The molecule has 0 radical (unpaired) electrons. The molecule has 0 spiro atoms. The number of aromatic nitrogens is 1. The number of carbonyl (C=O) groups is 2. The maximum atomic E-state index is 11.9. The molecule has 0 saturated heterocycles. The van der Waals surface area contributed by atoms with Gasteiger partial charge in [-0.1, -0.05) is 32.4 Å². The lowest BCUT2D eigenvalue weighted by atomic mass is 9.86. The first-order chi connectivity index (χ1) is 8.21. The average Bonchev–Trinajstić information content (AvgIpc) is 2.24. The Labute approximate surface area is 110 Å². The predicted molar refractivity (Wildman–Crippen MR) is 67.6 cm³/mol. The third kappa shape index (κ3) is 3.70. The van der Waals surface area contributed by atoms with Crippen LogP contribution < -0.4 is 5.32 Å². The van der Waals surface area contributed by atoms with E-state index in [-0.39, 0.29) is 10.7 Å². The van der Waals surface area contributed by atoms with Crippen LogP contribution in [-0.2, 0) is 4.79 Å². The summed E-state index contributed by atoms with van der Waals surface area (Å²) in [6, 6.07) is 2.00. The fraction of sp³-hybridized carbons (Fsp3) is 0.417. The molecule has 1 aromatic rings. The van der Waals surface area contributed by atoms with Gasteiger partial charge in [0.2, 0.25) is 0 Å². The van der Waals surface area contributed by atoms with Gasteiger partial charge >= 0.3 is 5.97 Å². The Kier molecular flexibility index (Phi) is 4.29. The van der Waals surface area contributed by atoms with Crippen LogP contribution in [0.15, 0.2) is 18.3 Å². The number of halogens is 1. The van der Waals surface area contributed by atoms with E-state index < -0.39 is 23.3 Å². The number of carboxylic acids is 1. The van der Waals surface area contributed by atoms with Crippen molar-refractivity contribution in [3.8, 4) is 0 Å². The Balaban J connectivity index is 2.86. The molecule has 98 valence electrons. The number of amides is 1. The highest BCUT2D eigenvalue weighted by Crippen LogP contribution is 2.20. The molecule has 0 aromatic carbocycles. The van der Waals surface area contributed by atoms with Gasteiger partial charge in [0.1, 0.15) is 11.2 Å². The lowest BCUT2D eigenvalue weighted by Gasteiger charge is -2.27. The summed E-state index contributed by atoms with van der Waals surface area (Å²) in [5, 5.41) is 11.8. The first kappa shape index (κ1) is 14.4. The second-order valence-corrected chi connectivity index (χ2v) is 5.37. The van der Waals surface area contributed by atoms with Crippen molar-refractivity contribution in [1.82, 2.24) is 10.3 Å². The molecule has 0 bridgehead atoms. The monoisotopic (exact) mass is 270 g/mol. The van der Waals surface area contributed by atoms with Gasteiger partial charge in [-0.05, 0) is 17.5 Å². The minimum Gasteiger partial charge on any atom is -0.480 e. The summed E-state index contributed by atoms with van der Waals surface area (Å²) in [5.74, 6) is -1.56. The van der Waals surface area contributed by atoms with Gasteiger partial charge < -0.3 is 10.4 Å². The van der Waals surface area contributed by atoms with E-state index in [1.807, 2.05) is 0 Å². The summed E-state index contributed by atoms with van der Waals surface area (Å²) in [6.45, 7) is 5.23. The van der Waals surface area contributed by atoms with E-state index in [1.165, 1.54) is 18.3 Å². The summed E-state index contributed by atoms with van der Waals surface area (Å²) < 4.78 is 0. The van der Waals surface area contributed by atoms with Crippen LogP contribution in [0.4, 0.5) is 0 Å². The standard InChI is InChI=1S/C12H15ClN2O3/c1-12(2,3)9(11(17)18)15-10(16)7-4-5-8(13)14-6-7/h4-6,9H,1-3H3,(H,15,16)(H,17,18). The van der Waals surface area contributed by atoms with Crippen molar-refractivity contribution < 1.29 is 14.7 Å². The van der Waals surface area contributed by atoms with Gasteiger partial charge in [-0.25, -0.2) is 9.78 Å². The zero-order chi connectivity index (χ0) is 13.9. The van der Waals surface area contributed by atoms with Crippen LogP contribution in [-0.4, -0.2) is 28.0 Å². The number of carbonyl (C=O) groups excluding carboxylic acids is 1.